The Bertz CT molecular complexity index is 3280. The SMILES string of the molecule is Cc1ccc(-n2c3ccccc3c3cc(N(c4ccc5c(c4)c4ccccc4n5-c4ccc(F)cc4)c4ccc5c(c4)c4ccccc4n5-c4ccc(F)cc4)ccc32)cc1. The average molecular weight is 791 g/mol. The van der Waals surface area contributed by atoms with Crippen LogP contribution in [0.25, 0.3) is 82.5 Å². The van der Waals surface area contributed by atoms with Crippen LogP contribution < -0.4 is 4.90 Å². The number of rotatable bonds is 6. The van der Waals surface area contributed by atoms with Gasteiger partial charge in [-0.25, -0.2) is 8.78 Å². The standard InChI is InChI=1S/C55H36F2N4/c1-35-14-20-38(21-15-35)59-50-11-5-2-8-44(50)47-32-41(26-29-53(47)59)58(42-27-30-54-48(33-42)45-9-3-6-12-51(45)60(54)39-22-16-36(56)17-23-39)43-28-31-55-49(34-43)46-10-4-7-13-52(46)61(55)40-24-18-37(57)19-25-40/h2-34H,1H3. The van der Waals surface area contributed by atoms with Gasteiger partial charge in [-0.1, -0.05) is 72.3 Å². The van der Waals surface area contributed by atoms with Crippen LogP contribution >= 0.6 is 0 Å². The van der Waals surface area contributed by atoms with Gasteiger partial charge in [0, 0.05) is 66.4 Å². The summed E-state index contributed by atoms with van der Waals surface area (Å²) in [6.07, 6.45) is 0. The van der Waals surface area contributed by atoms with E-state index in [9.17, 15) is 8.78 Å². The molecule has 4 nitrogen and oxygen atoms in total. The Kier molecular flexibility index (Phi) is 7.78. The molecule has 12 aromatic rings. The van der Waals surface area contributed by atoms with Gasteiger partial charge in [0.25, 0.3) is 0 Å². The molecule has 0 bridgehead atoms. The molecule has 3 aromatic heterocycles. The molecule has 0 atom stereocenters. The molecule has 3 heterocycles. The monoisotopic (exact) mass is 790 g/mol. The molecule has 290 valence electrons. The number of hydrogen-bond donors (Lipinski definition) is 0. The van der Waals surface area contributed by atoms with Gasteiger partial charge in [-0.3, -0.25) is 0 Å². The molecule has 61 heavy (non-hydrogen) atoms. The van der Waals surface area contributed by atoms with Crippen molar-refractivity contribution >= 4 is 82.5 Å². The Labute approximate surface area is 350 Å². The number of fused-ring (bicyclic) bond motifs is 9. The molecule has 12 rings (SSSR count). The zero-order valence-electron chi connectivity index (χ0n) is 33.1. The fourth-order valence-electron chi connectivity index (χ4n) is 9.46. The Hall–Kier alpha value is -7.96. The third kappa shape index (κ3) is 5.49. The molecule has 9 aromatic carbocycles. The first-order valence-electron chi connectivity index (χ1n) is 20.5. The summed E-state index contributed by atoms with van der Waals surface area (Å²) in [6, 6.07) is 67.6. The zero-order chi connectivity index (χ0) is 40.8. The first-order chi connectivity index (χ1) is 30.0. The molecule has 0 unspecified atom stereocenters. The van der Waals surface area contributed by atoms with Gasteiger partial charge in [0.1, 0.15) is 11.6 Å². The highest BCUT2D eigenvalue weighted by atomic mass is 19.1. The second-order valence-electron chi connectivity index (χ2n) is 15.8. The number of benzene rings is 9. The van der Waals surface area contributed by atoms with Gasteiger partial charge in [-0.2, -0.15) is 0 Å². The van der Waals surface area contributed by atoms with E-state index >= 15 is 0 Å². The van der Waals surface area contributed by atoms with Crippen LogP contribution in [0.3, 0.4) is 0 Å². The van der Waals surface area contributed by atoms with Crippen LogP contribution in [0.4, 0.5) is 25.8 Å². The minimum atomic E-state index is -0.265. The van der Waals surface area contributed by atoms with E-state index in [0.29, 0.717) is 0 Å². The number of hydrogen-bond acceptors (Lipinski definition) is 1. The van der Waals surface area contributed by atoms with Gasteiger partial charge in [0.15, 0.2) is 0 Å². The lowest BCUT2D eigenvalue weighted by atomic mass is 10.1. The molecule has 0 amide bonds. The summed E-state index contributed by atoms with van der Waals surface area (Å²) in [5.74, 6) is -0.529. The van der Waals surface area contributed by atoms with Crippen LogP contribution in [0.15, 0.2) is 200 Å². The van der Waals surface area contributed by atoms with Crippen molar-refractivity contribution in [2.24, 2.45) is 0 Å². The molecular weight excluding hydrogens is 755 g/mol. The predicted octanol–water partition coefficient (Wildman–Crippen LogP) is 15.0. The summed E-state index contributed by atoms with van der Waals surface area (Å²) in [5.41, 5.74) is 13.6. The van der Waals surface area contributed by atoms with Crippen molar-refractivity contribution < 1.29 is 8.78 Å². The molecule has 0 spiro atoms. The minimum Gasteiger partial charge on any atom is -0.310 e. The van der Waals surface area contributed by atoms with Crippen molar-refractivity contribution in [3.63, 3.8) is 0 Å². The van der Waals surface area contributed by atoms with Gasteiger partial charge in [0.05, 0.1) is 33.1 Å². The van der Waals surface area contributed by atoms with Crippen molar-refractivity contribution in [3.05, 3.63) is 217 Å². The molecule has 0 N–H and O–H groups in total. The first kappa shape index (κ1) is 35.0. The van der Waals surface area contributed by atoms with Crippen LogP contribution in [0.5, 0.6) is 0 Å². The maximum atomic E-state index is 14.2. The topological polar surface area (TPSA) is 18.0 Å². The minimum absolute atomic E-state index is 0.265. The van der Waals surface area contributed by atoms with Gasteiger partial charge >= 0.3 is 0 Å². The Morgan fingerprint density at radius 2 is 0.607 bits per heavy atom. The van der Waals surface area contributed by atoms with Crippen LogP contribution in [0.2, 0.25) is 0 Å². The van der Waals surface area contributed by atoms with Crippen LogP contribution in [0.1, 0.15) is 5.56 Å². The maximum Gasteiger partial charge on any atom is 0.123 e. The fraction of sp³-hybridized carbons (Fsp3) is 0.0182. The van der Waals surface area contributed by atoms with Crippen molar-refractivity contribution in [2.75, 3.05) is 4.90 Å². The number of nitrogens with zero attached hydrogens (tertiary/aromatic N) is 4. The van der Waals surface area contributed by atoms with E-state index in [1.54, 1.807) is 0 Å². The highest BCUT2D eigenvalue weighted by Crippen LogP contribution is 2.44. The molecule has 0 saturated heterocycles. The highest BCUT2D eigenvalue weighted by molar-refractivity contribution is 6.14. The first-order valence-corrected chi connectivity index (χ1v) is 20.5. The third-order valence-corrected chi connectivity index (χ3v) is 12.2. The predicted molar refractivity (Wildman–Crippen MR) is 249 cm³/mol. The van der Waals surface area contributed by atoms with Crippen molar-refractivity contribution in [3.8, 4) is 17.1 Å². The molecule has 0 fully saturated rings. The van der Waals surface area contributed by atoms with E-state index in [1.807, 2.05) is 36.4 Å². The second kappa shape index (κ2) is 13.5. The maximum absolute atomic E-state index is 14.2. The number of anilines is 3. The van der Waals surface area contributed by atoms with Crippen LogP contribution in [-0.4, -0.2) is 13.7 Å². The lowest BCUT2D eigenvalue weighted by molar-refractivity contribution is 0.627. The lowest BCUT2D eigenvalue weighted by Gasteiger charge is -2.26. The Morgan fingerprint density at radius 1 is 0.311 bits per heavy atom. The lowest BCUT2D eigenvalue weighted by Crippen LogP contribution is -2.10. The third-order valence-electron chi connectivity index (χ3n) is 12.2. The number of aryl methyl sites for hydroxylation is 1. The average Bonchev–Trinajstić information content (AvgIpc) is 3.93. The quantitative estimate of drug-likeness (QED) is 0.164. The van der Waals surface area contributed by atoms with E-state index in [-0.39, 0.29) is 11.6 Å². The van der Waals surface area contributed by atoms with Crippen LogP contribution in [-0.2, 0) is 0 Å². The zero-order valence-corrected chi connectivity index (χ0v) is 33.1. The summed E-state index contributed by atoms with van der Waals surface area (Å²) >= 11 is 0. The van der Waals surface area contributed by atoms with E-state index in [4.69, 9.17) is 0 Å². The Morgan fingerprint density at radius 3 is 0.951 bits per heavy atom. The highest BCUT2D eigenvalue weighted by Gasteiger charge is 2.22. The van der Waals surface area contributed by atoms with Gasteiger partial charge in [0.2, 0.25) is 0 Å². The number of para-hydroxylation sites is 3. The van der Waals surface area contributed by atoms with E-state index in [2.05, 4.69) is 165 Å². The van der Waals surface area contributed by atoms with Crippen molar-refractivity contribution in [1.82, 2.24) is 13.7 Å². The van der Waals surface area contributed by atoms with Gasteiger partial charge in [-0.15, -0.1) is 0 Å². The molecule has 0 aliphatic rings. The second-order valence-corrected chi connectivity index (χ2v) is 15.8. The molecule has 0 saturated carbocycles. The summed E-state index contributed by atoms with van der Waals surface area (Å²) in [7, 11) is 0. The smallest absolute Gasteiger partial charge is 0.123 e. The van der Waals surface area contributed by atoms with Gasteiger partial charge in [-0.05, 0) is 140 Å². The van der Waals surface area contributed by atoms with E-state index in [1.165, 1.54) is 35.2 Å². The summed E-state index contributed by atoms with van der Waals surface area (Å²) in [4.78, 5) is 2.35. The van der Waals surface area contributed by atoms with E-state index in [0.717, 1.165) is 94.2 Å². The molecular formula is C55H36F2N4. The number of halogens is 2. The fourth-order valence-corrected chi connectivity index (χ4v) is 9.46. The van der Waals surface area contributed by atoms with Crippen molar-refractivity contribution in [1.29, 1.82) is 0 Å². The van der Waals surface area contributed by atoms with E-state index < -0.39 is 0 Å². The molecule has 0 aliphatic heterocycles. The summed E-state index contributed by atoms with van der Waals surface area (Å²) in [6.45, 7) is 2.12. The Balaban J connectivity index is 1.12. The molecule has 6 heteroatoms. The summed E-state index contributed by atoms with van der Waals surface area (Å²) in [5, 5.41) is 6.73. The normalized spacial score (nSPS) is 11.9. The van der Waals surface area contributed by atoms with Crippen molar-refractivity contribution in [2.45, 2.75) is 6.92 Å². The van der Waals surface area contributed by atoms with Gasteiger partial charge < -0.3 is 18.6 Å². The summed E-state index contributed by atoms with van der Waals surface area (Å²) < 4.78 is 35.1. The van der Waals surface area contributed by atoms with Crippen LogP contribution in [0, 0.1) is 18.6 Å². The molecule has 0 aliphatic carbocycles. The number of aromatic nitrogens is 3. The largest absolute Gasteiger partial charge is 0.310 e. The molecule has 0 radical (unpaired) electrons.